The Kier molecular flexibility index (Phi) is 10.6. The molecule has 1 heterocycles. The summed E-state index contributed by atoms with van der Waals surface area (Å²) in [6.07, 6.45) is -0.675. The standard InChI is InChI=1S/C32H31Cl2N3O5/c1-2-3-26(31(40)36-17-16-28(38)39)37-29(22-8-12-24(33)13-9-22)30(23-10-14-25(34)15-11-23)42-27(32(37)41)18-20-4-6-21(19-35)7-5-20/h4-15,26-27,29-30H,2-3,16-18H2,1H3,(H,36,40)(H,38,39)/t26-,27-,29+,30-/m1/s1. The highest BCUT2D eigenvalue weighted by Crippen LogP contribution is 2.44. The van der Waals surface area contributed by atoms with Gasteiger partial charge in [0.2, 0.25) is 5.91 Å². The Morgan fingerprint density at radius 2 is 1.60 bits per heavy atom. The van der Waals surface area contributed by atoms with Gasteiger partial charge in [0.05, 0.1) is 24.1 Å². The van der Waals surface area contributed by atoms with Gasteiger partial charge in [-0.05, 0) is 59.5 Å². The molecule has 42 heavy (non-hydrogen) atoms. The molecule has 2 amide bonds. The van der Waals surface area contributed by atoms with E-state index in [1.807, 2.05) is 31.2 Å². The van der Waals surface area contributed by atoms with E-state index in [0.717, 1.165) is 16.7 Å². The van der Waals surface area contributed by atoms with Gasteiger partial charge in [0.25, 0.3) is 5.91 Å². The fraction of sp³-hybridized carbons (Fsp3) is 0.312. The second-order valence-corrected chi connectivity index (χ2v) is 11.0. The highest BCUT2D eigenvalue weighted by Gasteiger charge is 2.48. The molecule has 10 heteroatoms. The Hall–Kier alpha value is -3.90. The van der Waals surface area contributed by atoms with Crippen molar-refractivity contribution < 1.29 is 24.2 Å². The van der Waals surface area contributed by atoms with E-state index in [0.29, 0.717) is 28.5 Å². The molecule has 0 bridgehead atoms. The lowest BCUT2D eigenvalue weighted by Gasteiger charge is -2.47. The molecule has 0 unspecified atom stereocenters. The largest absolute Gasteiger partial charge is 0.481 e. The van der Waals surface area contributed by atoms with Crippen LogP contribution in [-0.2, 0) is 25.5 Å². The van der Waals surface area contributed by atoms with Crippen molar-refractivity contribution in [3.63, 3.8) is 0 Å². The predicted molar refractivity (Wildman–Crippen MR) is 159 cm³/mol. The van der Waals surface area contributed by atoms with E-state index in [4.69, 9.17) is 33.0 Å². The molecule has 4 rings (SSSR count). The number of carboxylic acids is 1. The normalized spacial score (nSPS) is 19.1. The van der Waals surface area contributed by atoms with Gasteiger partial charge in [-0.1, -0.05) is 72.9 Å². The van der Waals surface area contributed by atoms with Crippen LogP contribution in [0.25, 0.3) is 0 Å². The van der Waals surface area contributed by atoms with Crippen LogP contribution in [0.5, 0.6) is 0 Å². The molecule has 0 spiro atoms. The summed E-state index contributed by atoms with van der Waals surface area (Å²) in [6.45, 7) is 1.86. The van der Waals surface area contributed by atoms with Crippen LogP contribution in [0.3, 0.4) is 0 Å². The minimum Gasteiger partial charge on any atom is -0.481 e. The number of aliphatic carboxylic acids is 1. The van der Waals surface area contributed by atoms with E-state index in [2.05, 4.69) is 11.4 Å². The third-order valence-electron chi connectivity index (χ3n) is 7.18. The summed E-state index contributed by atoms with van der Waals surface area (Å²) < 4.78 is 6.59. The first-order valence-corrected chi connectivity index (χ1v) is 14.4. The monoisotopic (exact) mass is 607 g/mol. The molecule has 0 radical (unpaired) electrons. The zero-order valence-corrected chi connectivity index (χ0v) is 24.5. The van der Waals surface area contributed by atoms with Gasteiger partial charge >= 0.3 is 5.97 Å². The van der Waals surface area contributed by atoms with Crippen LogP contribution in [0.15, 0.2) is 72.8 Å². The minimum atomic E-state index is -1.03. The van der Waals surface area contributed by atoms with Gasteiger partial charge in [-0.15, -0.1) is 0 Å². The molecule has 0 aromatic heterocycles. The maximum Gasteiger partial charge on any atom is 0.305 e. The topological polar surface area (TPSA) is 120 Å². The number of hydrogen-bond donors (Lipinski definition) is 2. The summed E-state index contributed by atoms with van der Waals surface area (Å²) >= 11 is 12.4. The molecule has 8 nitrogen and oxygen atoms in total. The van der Waals surface area contributed by atoms with Crippen LogP contribution < -0.4 is 5.32 Å². The molecule has 1 saturated heterocycles. The smallest absolute Gasteiger partial charge is 0.305 e. The molecule has 218 valence electrons. The first kappa shape index (κ1) is 31.0. The number of halogens is 2. The molecule has 1 aliphatic heterocycles. The quantitative estimate of drug-likeness (QED) is 0.281. The number of morpholine rings is 1. The number of carbonyl (C=O) groups is 3. The van der Waals surface area contributed by atoms with E-state index in [1.54, 1.807) is 53.4 Å². The first-order valence-electron chi connectivity index (χ1n) is 13.7. The Morgan fingerprint density at radius 3 is 2.14 bits per heavy atom. The zero-order chi connectivity index (χ0) is 30.2. The van der Waals surface area contributed by atoms with Crippen LogP contribution >= 0.6 is 23.2 Å². The van der Waals surface area contributed by atoms with Crippen LogP contribution in [0.2, 0.25) is 10.0 Å². The molecule has 3 aromatic carbocycles. The number of ether oxygens (including phenoxy) is 1. The molecule has 1 fully saturated rings. The third kappa shape index (κ3) is 7.48. The van der Waals surface area contributed by atoms with E-state index >= 15 is 0 Å². The number of carboxylic acid groups (broad SMARTS) is 1. The molecule has 4 atom stereocenters. The van der Waals surface area contributed by atoms with Gasteiger partial charge < -0.3 is 20.1 Å². The summed E-state index contributed by atoms with van der Waals surface area (Å²) in [5, 5.41) is 22.1. The van der Waals surface area contributed by atoms with Crippen LogP contribution in [-0.4, -0.2) is 46.5 Å². The average Bonchev–Trinajstić information content (AvgIpc) is 2.98. The molecule has 0 saturated carbocycles. The van der Waals surface area contributed by atoms with Crippen molar-refractivity contribution in [2.75, 3.05) is 6.54 Å². The lowest BCUT2D eigenvalue weighted by Crippen LogP contribution is -2.59. The van der Waals surface area contributed by atoms with Crippen molar-refractivity contribution in [2.45, 2.75) is 56.9 Å². The highest BCUT2D eigenvalue weighted by molar-refractivity contribution is 6.30. The fourth-order valence-corrected chi connectivity index (χ4v) is 5.41. The lowest BCUT2D eigenvalue weighted by atomic mass is 9.88. The van der Waals surface area contributed by atoms with E-state index in [1.165, 1.54) is 0 Å². The van der Waals surface area contributed by atoms with Crippen molar-refractivity contribution in [1.29, 1.82) is 5.26 Å². The Labute approximate surface area is 254 Å². The Morgan fingerprint density at radius 1 is 1.00 bits per heavy atom. The van der Waals surface area contributed by atoms with Gasteiger partial charge in [0, 0.05) is 23.0 Å². The first-order chi connectivity index (χ1) is 20.2. The summed E-state index contributed by atoms with van der Waals surface area (Å²) in [4.78, 5) is 40.7. The SMILES string of the molecule is CCC[C@H](C(=O)NCCC(=O)O)N1C(=O)[C@@H](Cc2ccc(C#N)cc2)O[C@H](c2ccc(Cl)cc2)[C@@H]1c1ccc(Cl)cc1. The highest BCUT2D eigenvalue weighted by atomic mass is 35.5. The number of rotatable bonds is 11. The summed E-state index contributed by atoms with van der Waals surface area (Å²) in [7, 11) is 0. The minimum absolute atomic E-state index is 0.0617. The number of nitriles is 1. The van der Waals surface area contributed by atoms with Crippen LogP contribution in [0.1, 0.15) is 60.6 Å². The Balaban J connectivity index is 1.82. The predicted octanol–water partition coefficient (Wildman–Crippen LogP) is 5.88. The maximum absolute atomic E-state index is 14.4. The Bertz CT molecular complexity index is 1440. The second kappa shape index (κ2) is 14.3. The van der Waals surface area contributed by atoms with Gasteiger partial charge in [0.15, 0.2) is 0 Å². The second-order valence-electron chi connectivity index (χ2n) is 10.1. The maximum atomic E-state index is 14.4. The number of carbonyl (C=O) groups excluding carboxylic acids is 2. The van der Waals surface area contributed by atoms with Gasteiger partial charge in [-0.3, -0.25) is 14.4 Å². The summed E-state index contributed by atoms with van der Waals surface area (Å²) in [6, 6.07) is 21.7. The van der Waals surface area contributed by atoms with E-state index < -0.39 is 36.2 Å². The van der Waals surface area contributed by atoms with Crippen molar-refractivity contribution >= 4 is 41.0 Å². The number of nitrogens with zero attached hydrogens (tertiary/aromatic N) is 2. The van der Waals surface area contributed by atoms with Gasteiger partial charge in [-0.25, -0.2) is 0 Å². The number of nitrogens with one attached hydrogen (secondary N) is 1. The van der Waals surface area contributed by atoms with E-state index in [-0.39, 0.29) is 25.3 Å². The molecule has 0 aliphatic carbocycles. The molecule has 2 N–H and O–H groups in total. The summed E-state index contributed by atoms with van der Waals surface area (Å²) in [5.41, 5.74) is 2.79. The lowest BCUT2D eigenvalue weighted by molar-refractivity contribution is -0.181. The zero-order valence-electron chi connectivity index (χ0n) is 23.0. The van der Waals surface area contributed by atoms with Crippen molar-refractivity contribution in [3.05, 3.63) is 105 Å². The van der Waals surface area contributed by atoms with Crippen LogP contribution in [0, 0.1) is 11.3 Å². The summed E-state index contributed by atoms with van der Waals surface area (Å²) in [5.74, 6) is -1.83. The number of benzene rings is 3. The fourth-order valence-electron chi connectivity index (χ4n) is 5.16. The van der Waals surface area contributed by atoms with Crippen LogP contribution in [0.4, 0.5) is 0 Å². The van der Waals surface area contributed by atoms with E-state index in [9.17, 15) is 19.6 Å². The number of hydrogen-bond acceptors (Lipinski definition) is 5. The van der Waals surface area contributed by atoms with Crippen molar-refractivity contribution in [1.82, 2.24) is 10.2 Å². The molecular weight excluding hydrogens is 577 g/mol. The molecule has 3 aromatic rings. The average molecular weight is 609 g/mol. The van der Waals surface area contributed by atoms with Crippen molar-refractivity contribution in [2.24, 2.45) is 0 Å². The molecule has 1 aliphatic rings. The van der Waals surface area contributed by atoms with Gasteiger partial charge in [0.1, 0.15) is 18.2 Å². The third-order valence-corrected chi connectivity index (χ3v) is 7.68. The molecular formula is C32H31Cl2N3O5. The van der Waals surface area contributed by atoms with Crippen molar-refractivity contribution in [3.8, 4) is 6.07 Å². The van der Waals surface area contributed by atoms with Gasteiger partial charge in [-0.2, -0.15) is 5.26 Å². The number of amides is 2.